The second-order valence-electron chi connectivity index (χ2n) is 8.69. The van der Waals surface area contributed by atoms with Gasteiger partial charge in [-0.15, -0.1) is 0 Å². The molecule has 0 radical (unpaired) electrons. The highest BCUT2D eigenvalue weighted by atomic mass is 16.5. The van der Waals surface area contributed by atoms with Crippen molar-refractivity contribution in [2.24, 2.45) is 0 Å². The zero-order valence-electron chi connectivity index (χ0n) is 19.3. The Hall–Kier alpha value is -2.75. The van der Waals surface area contributed by atoms with Crippen LogP contribution in [0.1, 0.15) is 50.2 Å². The van der Waals surface area contributed by atoms with Gasteiger partial charge >= 0.3 is 0 Å². The van der Waals surface area contributed by atoms with Crippen molar-refractivity contribution in [1.82, 2.24) is 25.1 Å². The molecule has 3 aromatic rings. The van der Waals surface area contributed by atoms with Gasteiger partial charge in [0.2, 0.25) is 5.95 Å². The molecule has 5 N–H and O–H groups in total. The lowest BCUT2D eigenvalue weighted by atomic mass is 10.1. The Morgan fingerprint density at radius 3 is 2.64 bits per heavy atom. The summed E-state index contributed by atoms with van der Waals surface area (Å²) < 4.78 is 7.34. The number of benzene rings is 1. The van der Waals surface area contributed by atoms with Crippen LogP contribution in [0.3, 0.4) is 0 Å². The summed E-state index contributed by atoms with van der Waals surface area (Å²) in [5.74, 6) is 0.879. The van der Waals surface area contributed by atoms with E-state index in [-0.39, 0.29) is 18.6 Å². The maximum Gasteiger partial charge on any atom is 0.222 e. The molecule has 2 aromatic heterocycles. The molecular weight excluding hydrogens is 418 g/mol. The molecule has 1 aromatic carbocycles. The van der Waals surface area contributed by atoms with Gasteiger partial charge in [0.25, 0.3) is 0 Å². The summed E-state index contributed by atoms with van der Waals surface area (Å²) in [5, 5.41) is 21.1. The van der Waals surface area contributed by atoms with Crippen LogP contribution in [0.4, 0.5) is 11.8 Å². The molecule has 178 valence electrons. The summed E-state index contributed by atoms with van der Waals surface area (Å²) in [5.41, 5.74) is 9.90. The summed E-state index contributed by atoms with van der Waals surface area (Å²) in [6.07, 6.45) is 6.47. The van der Waals surface area contributed by atoms with Gasteiger partial charge in [-0.2, -0.15) is 10.1 Å². The number of hydrogen-bond donors (Lipinski definition) is 4. The fourth-order valence-electron chi connectivity index (χ4n) is 4.32. The Balaban J connectivity index is 1.47. The van der Waals surface area contributed by atoms with E-state index >= 15 is 0 Å². The van der Waals surface area contributed by atoms with Crippen LogP contribution < -0.4 is 16.4 Å². The highest BCUT2D eigenvalue weighted by Crippen LogP contribution is 2.24. The lowest BCUT2D eigenvalue weighted by Gasteiger charge is -2.23. The number of nitrogen functional groups attached to an aromatic ring is 1. The van der Waals surface area contributed by atoms with Crippen LogP contribution in [0.2, 0.25) is 0 Å². The zero-order chi connectivity index (χ0) is 23.0. The summed E-state index contributed by atoms with van der Waals surface area (Å²) in [6.45, 7) is 5.41. The van der Waals surface area contributed by atoms with Gasteiger partial charge in [0, 0.05) is 38.4 Å². The van der Waals surface area contributed by atoms with E-state index in [0.717, 1.165) is 56.5 Å². The molecule has 1 aliphatic rings. The largest absolute Gasteiger partial charge is 0.396 e. The van der Waals surface area contributed by atoms with Crippen LogP contribution in [0.15, 0.2) is 30.5 Å². The average molecular weight is 454 g/mol. The predicted molar refractivity (Wildman–Crippen MR) is 130 cm³/mol. The molecule has 0 unspecified atom stereocenters. The molecule has 0 aliphatic carbocycles. The Bertz CT molecular complexity index is 1010. The van der Waals surface area contributed by atoms with E-state index in [2.05, 4.69) is 56.9 Å². The Morgan fingerprint density at radius 1 is 1.15 bits per heavy atom. The number of nitrogens with two attached hydrogens (primary N) is 1. The highest BCUT2D eigenvalue weighted by molar-refractivity contribution is 5.86. The third-order valence-corrected chi connectivity index (χ3v) is 6.13. The molecule has 3 heterocycles. The fraction of sp³-hybridized carbons (Fsp3) is 0.542. The maximum absolute atomic E-state index is 9.43. The van der Waals surface area contributed by atoms with Crippen molar-refractivity contribution in [3.05, 3.63) is 41.6 Å². The van der Waals surface area contributed by atoms with E-state index in [4.69, 9.17) is 10.5 Å². The first-order valence-electron chi connectivity index (χ1n) is 11.9. The van der Waals surface area contributed by atoms with E-state index in [1.165, 1.54) is 5.56 Å². The van der Waals surface area contributed by atoms with Crippen LogP contribution in [0, 0.1) is 0 Å². The number of anilines is 2. The smallest absolute Gasteiger partial charge is 0.222 e. The summed E-state index contributed by atoms with van der Waals surface area (Å²) in [4.78, 5) is 8.82. The SMILES string of the molecule is CCC[C@@H](CCO)Nc1nc(N)nc2cnn(Cc3ccc(CNC4CCOCC4)cc3)c12. The monoisotopic (exact) mass is 453 g/mol. The van der Waals surface area contributed by atoms with Crippen LogP contribution in [0.5, 0.6) is 0 Å². The second-order valence-corrected chi connectivity index (χ2v) is 8.69. The Kier molecular flexibility index (Phi) is 8.09. The molecule has 1 fully saturated rings. The minimum Gasteiger partial charge on any atom is -0.396 e. The number of aromatic nitrogens is 4. The fourth-order valence-corrected chi connectivity index (χ4v) is 4.32. The van der Waals surface area contributed by atoms with Gasteiger partial charge in [0.1, 0.15) is 11.0 Å². The summed E-state index contributed by atoms with van der Waals surface area (Å²) in [6, 6.07) is 9.27. The molecule has 33 heavy (non-hydrogen) atoms. The number of ether oxygens (including phenoxy) is 1. The van der Waals surface area contributed by atoms with Crippen LogP contribution in [0.25, 0.3) is 11.0 Å². The number of aliphatic hydroxyl groups is 1. The Labute approximate surface area is 194 Å². The number of nitrogens with one attached hydrogen (secondary N) is 2. The summed E-state index contributed by atoms with van der Waals surface area (Å²) >= 11 is 0. The lowest BCUT2D eigenvalue weighted by molar-refractivity contribution is 0.0776. The zero-order valence-corrected chi connectivity index (χ0v) is 19.3. The van der Waals surface area contributed by atoms with E-state index < -0.39 is 0 Å². The third kappa shape index (κ3) is 6.19. The molecule has 1 saturated heterocycles. The molecule has 0 saturated carbocycles. The molecule has 0 bridgehead atoms. The molecule has 0 spiro atoms. The maximum atomic E-state index is 9.43. The minimum atomic E-state index is 0.114. The van der Waals surface area contributed by atoms with Crippen molar-refractivity contribution in [1.29, 1.82) is 0 Å². The van der Waals surface area contributed by atoms with Gasteiger partial charge in [-0.25, -0.2) is 4.98 Å². The van der Waals surface area contributed by atoms with Crippen molar-refractivity contribution >= 4 is 22.8 Å². The number of rotatable bonds is 11. The van der Waals surface area contributed by atoms with Crippen LogP contribution in [-0.4, -0.2) is 56.8 Å². The first kappa shape index (κ1) is 23.4. The first-order valence-corrected chi connectivity index (χ1v) is 11.9. The van der Waals surface area contributed by atoms with Crippen molar-refractivity contribution < 1.29 is 9.84 Å². The van der Waals surface area contributed by atoms with Gasteiger partial charge in [-0.3, -0.25) is 4.68 Å². The van der Waals surface area contributed by atoms with Crippen molar-refractivity contribution in [3.63, 3.8) is 0 Å². The van der Waals surface area contributed by atoms with Gasteiger partial charge in [0.15, 0.2) is 5.82 Å². The summed E-state index contributed by atoms with van der Waals surface area (Å²) in [7, 11) is 0. The van der Waals surface area contributed by atoms with Crippen molar-refractivity contribution in [3.8, 4) is 0 Å². The molecule has 4 rings (SSSR count). The Morgan fingerprint density at radius 2 is 1.91 bits per heavy atom. The molecule has 1 aliphatic heterocycles. The van der Waals surface area contributed by atoms with E-state index in [9.17, 15) is 5.11 Å². The van der Waals surface area contributed by atoms with Gasteiger partial charge in [0.05, 0.1) is 12.7 Å². The molecular formula is C24H35N7O2. The minimum absolute atomic E-state index is 0.114. The van der Waals surface area contributed by atoms with Crippen LogP contribution in [-0.2, 0) is 17.8 Å². The van der Waals surface area contributed by atoms with Gasteiger partial charge < -0.3 is 26.2 Å². The molecule has 9 nitrogen and oxygen atoms in total. The highest BCUT2D eigenvalue weighted by Gasteiger charge is 2.17. The second kappa shape index (κ2) is 11.4. The van der Waals surface area contributed by atoms with E-state index in [1.54, 1.807) is 6.20 Å². The number of nitrogens with zero attached hydrogens (tertiary/aromatic N) is 4. The quantitative estimate of drug-likeness (QED) is 0.349. The van der Waals surface area contributed by atoms with Crippen LogP contribution >= 0.6 is 0 Å². The van der Waals surface area contributed by atoms with E-state index in [0.29, 0.717) is 30.3 Å². The molecule has 9 heteroatoms. The van der Waals surface area contributed by atoms with E-state index in [1.807, 2.05) is 4.68 Å². The standard InChI is InChI=1S/C24H35N7O2/c1-2-3-20(8-11-32)28-23-22-21(29-24(25)30-23)15-27-31(22)16-18-6-4-17(5-7-18)14-26-19-9-12-33-13-10-19/h4-7,15,19-20,26,32H,2-3,8-14,16H2,1H3,(H3,25,28,29,30)/t20-/m0/s1. The number of fused-ring (bicyclic) bond motifs is 1. The van der Waals surface area contributed by atoms with Crippen molar-refractivity contribution in [2.45, 2.75) is 64.2 Å². The van der Waals surface area contributed by atoms with Gasteiger partial charge in [-0.1, -0.05) is 37.6 Å². The lowest BCUT2D eigenvalue weighted by Crippen LogP contribution is -2.34. The molecule has 0 amide bonds. The molecule has 1 atom stereocenters. The number of aliphatic hydroxyl groups excluding tert-OH is 1. The number of hydrogen-bond acceptors (Lipinski definition) is 8. The third-order valence-electron chi connectivity index (χ3n) is 6.13. The topological polar surface area (TPSA) is 123 Å². The van der Waals surface area contributed by atoms with Crippen molar-refractivity contribution in [2.75, 3.05) is 30.9 Å². The average Bonchev–Trinajstić information content (AvgIpc) is 3.22. The predicted octanol–water partition coefficient (Wildman–Crippen LogP) is 2.69. The first-order chi connectivity index (χ1) is 16.2. The van der Waals surface area contributed by atoms with Gasteiger partial charge in [-0.05, 0) is 36.8 Å². The normalized spacial score (nSPS) is 15.7.